The number of carbonyl (C=O) groups excluding carboxylic acids is 1. The second kappa shape index (κ2) is 8.58. The Hall–Kier alpha value is -3.07. The highest BCUT2D eigenvalue weighted by Crippen LogP contribution is 2.27. The molecule has 4 rings (SSSR count). The van der Waals surface area contributed by atoms with Crippen molar-refractivity contribution >= 4 is 34.2 Å². The molecule has 160 valence electrons. The molecular weight excluding hydrogens is 422 g/mol. The zero-order chi connectivity index (χ0) is 22.1. The minimum Gasteiger partial charge on any atom is -0.293 e. The van der Waals surface area contributed by atoms with E-state index in [-0.39, 0.29) is 16.9 Å². The van der Waals surface area contributed by atoms with E-state index in [0.29, 0.717) is 28.4 Å². The fourth-order valence-electron chi connectivity index (χ4n) is 3.42. The molecule has 6 nitrogen and oxygen atoms in total. The number of carbonyl (C=O) groups is 1. The number of aromatic nitrogens is 4. The Morgan fingerprint density at radius 2 is 1.90 bits per heavy atom. The van der Waals surface area contributed by atoms with Gasteiger partial charge in [-0.2, -0.15) is 0 Å². The number of fused-ring (bicyclic) bond motifs is 3. The highest BCUT2D eigenvalue weighted by molar-refractivity contribution is 8.00. The summed E-state index contributed by atoms with van der Waals surface area (Å²) >= 11 is 1.15. The first kappa shape index (κ1) is 21.2. The van der Waals surface area contributed by atoms with Crippen molar-refractivity contribution < 1.29 is 13.6 Å². The molecular formula is C22H20F2N4O2S. The van der Waals surface area contributed by atoms with E-state index in [9.17, 15) is 18.4 Å². The molecule has 0 aliphatic heterocycles. The highest BCUT2D eigenvalue weighted by Gasteiger charge is 2.23. The van der Waals surface area contributed by atoms with Gasteiger partial charge in [0.25, 0.3) is 5.56 Å². The van der Waals surface area contributed by atoms with Gasteiger partial charge in [-0.3, -0.25) is 18.6 Å². The van der Waals surface area contributed by atoms with Crippen molar-refractivity contribution in [1.82, 2.24) is 19.2 Å². The Labute approximate surface area is 180 Å². The second-order valence-corrected chi connectivity index (χ2v) is 8.51. The molecule has 0 N–H and O–H groups in total. The first-order valence-electron chi connectivity index (χ1n) is 9.95. The topological polar surface area (TPSA) is 69.3 Å². The Morgan fingerprint density at radius 3 is 2.65 bits per heavy atom. The van der Waals surface area contributed by atoms with Crippen LogP contribution in [0.3, 0.4) is 0 Å². The third kappa shape index (κ3) is 3.85. The minimum absolute atomic E-state index is 0.0810. The van der Waals surface area contributed by atoms with Crippen LogP contribution in [-0.4, -0.2) is 30.2 Å². The number of aryl methyl sites for hydroxylation is 1. The Kier molecular flexibility index (Phi) is 5.86. The van der Waals surface area contributed by atoms with Gasteiger partial charge in [0.05, 0.1) is 16.2 Å². The summed E-state index contributed by atoms with van der Waals surface area (Å²) in [7, 11) is 0. The number of Topliss-reactive ketones (excluding diaryl/α,β-unsaturated/α-hetero) is 1. The molecule has 0 amide bonds. The van der Waals surface area contributed by atoms with Crippen LogP contribution in [0.1, 0.15) is 37.0 Å². The summed E-state index contributed by atoms with van der Waals surface area (Å²) in [6.07, 6.45) is 1.73. The lowest BCUT2D eigenvalue weighted by Gasteiger charge is -2.12. The molecule has 0 fully saturated rings. The number of nitrogens with zero attached hydrogens (tertiary/aromatic N) is 4. The summed E-state index contributed by atoms with van der Waals surface area (Å²) in [5, 5.41) is 8.81. The number of hydrogen-bond donors (Lipinski definition) is 0. The van der Waals surface area contributed by atoms with Crippen molar-refractivity contribution in [2.75, 3.05) is 0 Å². The lowest BCUT2D eigenvalue weighted by Crippen LogP contribution is -2.23. The van der Waals surface area contributed by atoms with E-state index >= 15 is 0 Å². The van der Waals surface area contributed by atoms with Crippen LogP contribution >= 0.6 is 11.8 Å². The fourth-order valence-corrected chi connectivity index (χ4v) is 4.36. The predicted octanol–water partition coefficient (Wildman–Crippen LogP) is 4.49. The van der Waals surface area contributed by atoms with E-state index in [2.05, 4.69) is 10.2 Å². The number of ketones is 1. The summed E-state index contributed by atoms with van der Waals surface area (Å²) in [4.78, 5) is 25.8. The third-order valence-electron chi connectivity index (χ3n) is 5.07. The summed E-state index contributed by atoms with van der Waals surface area (Å²) in [6, 6.07) is 10.3. The molecule has 9 heteroatoms. The molecule has 0 aliphatic carbocycles. The lowest BCUT2D eigenvalue weighted by atomic mass is 10.1. The van der Waals surface area contributed by atoms with Gasteiger partial charge in [0, 0.05) is 12.1 Å². The van der Waals surface area contributed by atoms with Crippen LogP contribution in [0.2, 0.25) is 0 Å². The van der Waals surface area contributed by atoms with Gasteiger partial charge in [0.15, 0.2) is 22.6 Å². The molecule has 31 heavy (non-hydrogen) atoms. The number of halogens is 2. The van der Waals surface area contributed by atoms with Gasteiger partial charge in [-0.25, -0.2) is 8.78 Å². The zero-order valence-electron chi connectivity index (χ0n) is 17.0. The Bertz CT molecular complexity index is 1350. The minimum atomic E-state index is -1.07. The van der Waals surface area contributed by atoms with E-state index in [1.807, 2.05) is 19.1 Å². The van der Waals surface area contributed by atoms with Crippen molar-refractivity contribution in [3.8, 4) is 0 Å². The third-order valence-corrected chi connectivity index (χ3v) is 6.11. The molecule has 1 atom stereocenters. The number of unbranched alkanes of at least 4 members (excludes halogenated alkanes) is 1. The largest absolute Gasteiger partial charge is 0.293 e. The number of hydrogen-bond acceptors (Lipinski definition) is 5. The normalized spacial score (nSPS) is 12.5. The maximum atomic E-state index is 13.6. The molecule has 0 saturated carbocycles. The van der Waals surface area contributed by atoms with E-state index in [1.165, 1.54) is 6.07 Å². The molecule has 0 radical (unpaired) electrons. The summed E-state index contributed by atoms with van der Waals surface area (Å²) < 4.78 is 30.1. The van der Waals surface area contributed by atoms with Crippen LogP contribution in [0.4, 0.5) is 8.78 Å². The van der Waals surface area contributed by atoms with Gasteiger partial charge in [-0.1, -0.05) is 37.2 Å². The van der Waals surface area contributed by atoms with Gasteiger partial charge in [0.2, 0.25) is 5.78 Å². The number of para-hydroxylation sites is 1. The fraction of sp³-hybridized carbons (Fsp3) is 0.273. The van der Waals surface area contributed by atoms with E-state index < -0.39 is 16.9 Å². The SMILES string of the molecule is CCCCn1c(=O)c2ccccc2n2c(SC(C)C(=O)c3ccc(F)c(F)c3)nnc12. The molecule has 0 saturated heterocycles. The van der Waals surface area contributed by atoms with Gasteiger partial charge in [-0.05, 0) is 43.7 Å². The molecule has 4 aromatic rings. The quantitative estimate of drug-likeness (QED) is 0.312. The molecule has 2 aromatic heterocycles. The Morgan fingerprint density at radius 1 is 1.13 bits per heavy atom. The van der Waals surface area contributed by atoms with Crippen molar-refractivity contribution in [1.29, 1.82) is 0 Å². The first-order chi connectivity index (χ1) is 14.9. The van der Waals surface area contributed by atoms with Gasteiger partial charge >= 0.3 is 0 Å². The Balaban J connectivity index is 1.77. The van der Waals surface area contributed by atoms with Crippen LogP contribution in [0.15, 0.2) is 52.4 Å². The summed E-state index contributed by atoms with van der Waals surface area (Å²) in [5.41, 5.74) is 0.596. The van der Waals surface area contributed by atoms with Crippen LogP contribution < -0.4 is 5.56 Å². The number of thioether (sulfide) groups is 1. The number of rotatable bonds is 7. The van der Waals surface area contributed by atoms with Crippen LogP contribution in [0.25, 0.3) is 16.7 Å². The van der Waals surface area contributed by atoms with Crippen molar-refractivity contribution in [2.45, 2.75) is 43.6 Å². The number of benzene rings is 2. The van der Waals surface area contributed by atoms with E-state index in [4.69, 9.17) is 0 Å². The summed E-state index contributed by atoms with van der Waals surface area (Å²) in [6.45, 7) is 4.22. The van der Waals surface area contributed by atoms with Crippen LogP contribution in [0.5, 0.6) is 0 Å². The second-order valence-electron chi connectivity index (χ2n) is 7.20. The van der Waals surface area contributed by atoms with Crippen LogP contribution in [0, 0.1) is 11.6 Å². The maximum Gasteiger partial charge on any atom is 0.262 e. The molecule has 2 aromatic carbocycles. The first-order valence-corrected chi connectivity index (χ1v) is 10.8. The molecule has 2 heterocycles. The molecule has 1 unspecified atom stereocenters. The van der Waals surface area contributed by atoms with Crippen molar-refractivity contribution in [2.24, 2.45) is 0 Å². The van der Waals surface area contributed by atoms with Crippen molar-refractivity contribution in [3.63, 3.8) is 0 Å². The van der Waals surface area contributed by atoms with Gasteiger partial charge < -0.3 is 0 Å². The average molecular weight is 442 g/mol. The smallest absolute Gasteiger partial charge is 0.262 e. The predicted molar refractivity (Wildman–Crippen MR) is 116 cm³/mol. The average Bonchev–Trinajstić information content (AvgIpc) is 3.18. The highest BCUT2D eigenvalue weighted by atomic mass is 32.2. The van der Waals surface area contributed by atoms with E-state index in [0.717, 1.165) is 36.7 Å². The van der Waals surface area contributed by atoms with Gasteiger partial charge in [0.1, 0.15) is 0 Å². The zero-order valence-corrected chi connectivity index (χ0v) is 17.8. The standard InChI is InChI=1S/C22H20F2N4O2S/c1-3-4-11-27-20(30)15-7-5-6-8-18(15)28-21(27)25-26-22(28)31-13(2)19(29)14-9-10-16(23)17(24)12-14/h5-10,12-13H,3-4,11H2,1-2H3. The molecule has 0 bridgehead atoms. The summed E-state index contributed by atoms with van der Waals surface area (Å²) in [5.74, 6) is -2.02. The molecule has 0 aliphatic rings. The molecule has 0 spiro atoms. The lowest BCUT2D eigenvalue weighted by molar-refractivity contribution is 0.0993. The van der Waals surface area contributed by atoms with Crippen molar-refractivity contribution in [3.05, 3.63) is 70.0 Å². The monoisotopic (exact) mass is 442 g/mol. The van der Waals surface area contributed by atoms with Gasteiger partial charge in [-0.15, -0.1) is 10.2 Å². The van der Waals surface area contributed by atoms with E-state index in [1.54, 1.807) is 28.0 Å². The van der Waals surface area contributed by atoms with Crippen LogP contribution in [-0.2, 0) is 6.54 Å². The maximum absolute atomic E-state index is 13.6.